The van der Waals surface area contributed by atoms with E-state index in [2.05, 4.69) is 9.71 Å². The van der Waals surface area contributed by atoms with Crippen molar-refractivity contribution >= 4 is 26.8 Å². The van der Waals surface area contributed by atoms with Gasteiger partial charge >= 0.3 is 0 Å². The third-order valence-electron chi connectivity index (χ3n) is 3.59. The smallest absolute Gasteiger partial charge is 0.216 e. The lowest BCUT2D eigenvalue weighted by Crippen LogP contribution is -2.36. The largest absolute Gasteiger partial charge is 0.464 e. The van der Waals surface area contributed by atoms with Crippen LogP contribution in [0.1, 0.15) is 13.3 Å². The molecule has 1 aliphatic heterocycles. The minimum absolute atomic E-state index is 0.383. The molecule has 20 heavy (non-hydrogen) atoms. The summed E-state index contributed by atoms with van der Waals surface area (Å²) in [7, 11) is -3.23. The van der Waals surface area contributed by atoms with Crippen molar-refractivity contribution < 1.29 is 12.8 Å². The second-order valence-electron chi connectivity index (χ2n) is 4.87. The van der Waals surface area contributed by atoms with Crippen LogP contribution in [0.3, 0.4) is 0 Å². The van der Waals surface area contributed by atoms with Gasteiger partial charge in [0.05, 0.1) is 16.9 Å². The maximum atomic E-state index is 12.0. The van der Waals surface area contributed by atoms with Gasteiger partial charge in [0.2, 0.25) is 10.0 Å². The van der Waals surface area contributed by atoms with E-state index in [0.29, 0.717) is 26.1 Å². The van der Waals surface area contributed by atoms with Crippen molar-refractivity contribution in [3.05, 3.63) is 24.6 Å². The summed E-state index contributed by atoms with van der Waals surface area (Å²) < 4.78 is 32.0. The highest BCUT2D eigenvalue weighted by molar-refractivity contribution is 7.90. The van der Waals surface area contributed by atoms with Gasteiger partial charge in [-0.2, -0.15) is 0 Å². The van der Waals surface area contributed by atoms with E-state index < -0.39 is 10.0 Å². The SMILES string of the molecule is CCNS(=O)(=O)C1CCN(c2nccc3occc23)C1. The van der Waals surface area contributed by atoms with Crippen LogP contribution in [-0.2, 0) is 10.0 Å². The zero-order valence-corrected chi connectivity index (χ0v) is 12.1. The lowest BCUT2D eigenvalue weighted by molar-refractivity contribution is 0.571. The third-order valence-corrected chi connectivity index (χ3v) is 5.54. The van der Waals surface area contributed by atoms with Crippen LogP contribution in [0.15, 0.2) is 29.0 Å². The Labute approximate surface area is 117 Å². The van der Waals surface area contributed by atoms with Crippen LogP contribution in [0, 0.1) is 0 Å². The minimum atomic E-state index is -3.23. The number of anilines is 1. The van der Waals surface area contributed by atoms with Gasteiger partial charge in [0.15, 0.2) is 0 Å². The molecule has 7 heteroatoms. The van der Waals surface area contributed by atoms with Crippen LogP contribution in [0.25, 0.3) is 11.0 Å². The average Bonchev–Trinajstić information content (AvgIpc) is 3.07. The molecule has 0 bridgehead atoms. The molecule has 0 radical (unpaired) electrons. The van der Waals surface area contributed by atoms with Crippen LogP contribution in [0.2, 0.25) is 0 Å². The van der Waals surface area contributed by atoms with E-state index in [1.807, 2.05) is 17.0 Å². The fraction of sp³-hybridized carbons (Fsp3) is 0.462. The maximum Gasteiger partial charge on any atom is 0.216 e. The quantitative estimate of drug-likeness (QED) is 0.921. The average molecular weight is 295 g/mol. The fourth-order valence-electron chi connectivity index (χ4n) is 2.62. The van der Waals surface area contributed by atoms with Crippen LogP contribution in [-0.4, -0.2) is 38.3 Å². The molecule has 6 nitrogen and oxygen atoms in total. The Bertz CT molecular complexity index is 710. The van der Waals surface area contributed by atoms with Crippen molar-refractivity contribution in [3.8, 4) is 0 Å². The molecular weight excluding hydrogens is 278 g/mol. The van der Waals surface area contributed by atoms with Gasteiger partial charge < -0.3 is 9.32 Å². The highest BCUT2D eigenvalue weighted by Crippen LogP contribution is 2.29. The number of nitrogens with one attached hydrogen (secondary N) is 1. The topological polar surface area (TPSA) is 75.4 Å². The zero-order valence-electron chi connectivity index (χ0n) is 11.2. The van der Waals surface area contributed by atoms with Gasteiger partial charge in [0, 0.05) is 25.8 Å². The Kier molecular flexibility index (Phi) is 3.39. The van der Waals surface area contributed by atoms with Gasteiger partial charge in [-0.25, -0.2) is 18.1 Å². The molecule has 0 spiro atoms. The molecule has 0 saturated carbocycles. The first-order chi connectivity index (χ1) is 9.62. The molecule has 1 unspecified atom stereocenters. The van der Waals surface area contributed by atoms with Crippen molar-refractivity contribution in [3.63, 3.8) is 0 Å². The van der Waals surface area contributed by atoms with Crippen molar-refractivity contribution in [1.82, 2.24) is 9.71 Å². The normalized spacial score (nSPS) is 19.9. The number of pyridine rings is 1. The number of aromatic nitrogens is 1. The van der Waals surface area contributed by atoms with Gasteiger partial charge in [-0.3, -0.25) is 0 Å². The standard InChI is InChI=1S/C13H17N3O3S/c1-2-15-20(17,18)10-4-7-16(9-10)13-11-5-8-19-12(11)3-6-14-13/h3,5-6,8,10,15H,2,4,7,9H2,1H3. The molecule has 0 aromatic carbocycles. The number of sulfonamides is 1. The summed E-state index contributed by atoms with van der Waals surface area (Å²) in [6.45, 7) is 3.37. The van der Waals surface area contributed by atoms with Crippen molar-refractivity contribution in [1.29, 1.82) is 0 Å². The second kappa shape index (κ2) is 5.06. The number of nitrogens with zero attached hydrogens (tertiary/aromatic N) is 2. The van der Waals surface area contributed by atoms with Crippen molar-refractivity contribution in [2.24, 2.45) is 0 Å². The van der Waals surface area contributed by atoms with Crippen molar-refractivity contribution in [2.75, 3.05) is 24.5 Å². The van der Waals surface area contributed by atoms with Gasteiger partial charge in [0.25, 0.3) is 0 Å². The first-order valence-electron chi connectivity index (χ1n) is 6.67. The minimum Gasteiger partial charge on any atom is -0.464 e. The summed E-state index contributed by atoms with van der Waals surface area (Å²) in [6.07, 6.45) is 3.93. The van der Waals surface area contributed by atoms with Crippen LogP contribution < -0.4 is 9.62 Å². The molecule has 108 valence electrons. The van der Waals surface area contributed by atoms with E-state index in [9.17, 15) is 8.42 Å². The molecule has 1 saturated heterocycles. The molecule has 1 fully saturated rings. The molecule has 2 aromatic heterocycles. The summed E-state index contributed by atoms with van der Waals surface area (Å²) in [5.74, 6) is 0.797. The van der Waals surface area contributed by atoms with E-state index in [4.69, 9.17) is 4.42 Å². The van der Waals surface area contributed by atoms with E-state index in [1.54, 1.807) is 19.4 Å². The molecule has 0 aliphatic carbocycles. The predicted octanol–water partition coefficient (Wildman–Crippen LogP) is 1.35. The summed E-state index contributed by atoms with van der Waals surface area (Å²) in [4.78, 5) is 6.39. The van der Waals surface area contributed by atoms with E-state index in [0.717, 1.165) is 16.8 Å². The molecule has 0 amide bonds. The summed E-state index contributed by atoms with van der Waals surface area (Å²) in [5, 5.41) is 0.542. The molecule has 3 heterocycles. The molecule has 2 aromatic rings. The predicted molar refractivity (Wildman–Crippen MR) is 77.2 cm³/mol. The van der Waals surface area contributed by atoms with Crippen LogP contribution in [0.4, 0.5) is 5.82 Å². The lowest BCUT2D eigenvalue weighted by Gasteiger charge is -2.18. The Hall–Kier alpha value is -1.60. The number of rotatable bonds is 4. The summed E-state index contributed by atoms with van der Waals surface area (Å²) in [5.41, 5.74) is 0.771. The molecule has 1 atom stereocenters. The summed E-state index contributed by atoms with van der Waals surface area (Å²) in [6, 6.07) is 3.67. The number of hydrogen-bond donors (Lipinski definition) is 1. The Balaban J connectivity index is 1.86. The van der Waals surface area contributed by atoms with E-state index >= 15 is 0 Å². The van der Waals surface area contributed by atoms with Crippen LogP contribution >= 0.6 is 0 Å². The fourth-order valence-corrected chi connectivity index (χ4v) is 4.05. The molecule has 1 aliphatic rings. The van der Waals surface area contributed by atoms with E-state index in [1.165, 1.54) is 0 Å². The molecule has 1 N–H and O–H groups in total. The highest BCUT2D eigenvalue weighted by atomic mass is 32.2. The van der Waals surface area contributed by atoms with Gasteiger partial charge in [-0.05, 0) is 18.6 Å². The highest BCUT2D eigenvalue weighted by Gasteiger charge is 2.33. The molecule has 3 rings (SSSR count). The number of furan rings is 1. The van der Waals surface area contributed by atoms with Crippen molar-refractivity contribution in [2.45, 2.75) is 18.6 Å². The summed E-state index contributed by atoms with van der Waals surface area (Å²) >= 11 is 0. The van der Waals surface area contributed by atoms with E-state index in [-0.39, 0.29) is 5.25 Å². The number of hydrogen-bond acceptors (Lipinski definition) is 5. The third kappa shape index (κ3) is 2.27. The first kappa shape index (κ1) is 13.4. The monoisotopic (exact) mass is 295 g/mol. The Morgan fingerprint density at radius 2 is 2.35 bits per heavy atom. The molecular formula is C13H17N3O3S. The first-order valence-corrected chi connectivity index (χ1v) is 8.22. The Morgan fingerprint density at radius 3 is 3.15 bits per heavy atom. The van der Waals surface area contributed by atoms with Gasteiger partial charge in [-0.15, -0.1) is 0 Å². The Morgan fingerprint density at radius 1 is 1.50 bits per heavy atom. The lowest BCUT2D eigenvalue weighted by atomic mass is 10.3. The number of fused-ring (bicyclic) bond motifs is 1. The van der Waals surface area contributed by atoms with Gasteiger partial charge in [0.1, 0.15) is 11.4 Å². The second-order valence-corrected chi connectivity index (χ2v) is 6.91. The van der Waals surface area contributed by atoms with Gasteiger partial charge in [-0.1, -0.05) is 6.92 Å². The van der Waals surface area contributed by atoms with Crippen LogP contribution in [0.5, 0.6) is 0 Å². The zero-order chi connectivity index (χ0) is 14.2. The maximum absolute atomic E-state index is 12.0.